The first-order valence-corrected chi connectivity index (χ1v) is 12.4. The summed E-state index contributed by atoms with van der Waals surface area (Å²) in [7, 11) is 0. The number of nitrogens with zero attached hydrogens (tertiary/aromatic N) is 1. The summed E-state index contributed by atoms with van der Waals surface area (Å²) in [5.41, 5.74) is 4.87. The van der Waals surface area contributed by atoms with E-state index in [-0.39, 0.29) is 36.0 Å². The number of amides is 2. The molecule has 1 saturated carbocycles. The zero-order valence-electron chi connectivity index (χ0n) is 19.1. The first kappa shape index (κ1) is 23.0. The maximum atomic E-state index is 12.5. The van der Waals surface area contributed by atoms with Gasteiger partial charge < -0.3 is 20.5 Å². The Bertz CT molecular complexity index is 1240. The van der Waals surface area contributed by atoms with Crippen molar-refractivity contribution >= 4 is 29.3 Å². The summed E-state index contributed by atoms with van der Waals surface area (Å²) in [5.74, 6) is -1.59. The fourth-order valence-electron chi connectivity index (χ4n) is 4.56. The van der Waals surface area contributed by atoms with Gasteiger partial charge in [-0.05, 0) is 41.5 Å². The number of carboxylic acids is 1. The van der Waals surface area contributed by atoms with Crippen molar-refractivity contribution in [2.45, 2.75) is 25.3 Å². The molecule has 3 atom stereocenters. The number of alkyl carbamates (subject to hydrolysis) is 1. The van der Waals surface area contributed by atoms with Crippen molar-refractivity contribution in [1.82, 2.24) is 15.6 Å². The number of aromatic nitrogens is 1. The monoisotopic (exact) mass is 491 g/mol. The molecule has 3 N–H and O–H groups in total. The van der Waals surface area contributed by atoms with Gasteiger partial charge in [0, 0.05) is 17.8 Å². The van der Waals surface area contributed by atoms with Gasteiger partial charge in [-0.1, -0.05) is 48.5 Å². The molecule has 3 aromatic rings. The van der Waals surface area contributed by atoms with Gasteiger partial charge >= 0.3 is 12.1 Å². The average molecular weight is 492 g/mol. The lowest BCUT2D eigenvalue weighted by Gasteiger charge is -2.16. The van der Waals surface area contributed by atoms with Crippen LogP contribution in [0.5, 0.6) is 0 Å². The molecule has 1 heterocycles. The Labute approximate surface area is 206 Å². The lowest BCUT2D eigenvalue weighted by atomic mass is 9.98. The van der Waals surface area contributed by atoms with Crippen LogP contribution in [0, 0.1) is 11.8 Å². The molecule has 1 fully saturated rings. The number of rotatable bonds is 8. The van der Waals surface area contributed by atoms with Crippen molar-refractivity contribution in [2.75, 3.05) is 13.2 Å². The van der Waals surface area contributed by atoms with E-state index in [1.165, 1.54) is 22.5 Å². The van der Waals surface area contributed by atoms with Crippen LogP contribution in [0.3, 0.4) is 0 Å². The normalized spacial score (nSPS) is 18.8. The van der Waals surface area contributed by atoms with Crippen molar-refractivity contribution < 1.29 is 24.2 Å². The van der Waals surface area contributed by atoms with E-state index in [2.05, 4.69) is 39.9 Å². The van der Waals surface area contributed by atoms with E-state index in [9.17, 15) is 14.4 Å². The lowest BCUT2D eigenvalue weighted by molar-refractivity contribution is -0.138. The molecule has 0 spiro atoms. The molecule has 3 unspecified atom stereocenters. The van der Waals surface area contributed by atoms with Gasteiger partial charge in [-0.3, -0.25) is 9.59 Å². The van der Waals surface area contributed by atoms with E-state index in [0.717, 1.165) is 11.1 Å². The number of fused-ring (bicyclic) bond motifs is 3. The Morgan fingerprint density at radius 2 is 1.77 bits per heavy atom. The summed E-state index contributed by atoms with van der Waals surface area (Å²) in [6.45, 7) is 2.32. The third-order valence-electron chi connectivity index (χ3n) is 6.57. The molecule has 2 aromatic carbocycles. The molecule has 0 radical (unpaired) electrons. The minimum atomic E-state index is -0.826. The number of hydrogen-bond acceptors (Lipinski definition) is 6. The molecule has 0 aliphatic heterocycles. The number of ether oxygens (including phenoxy) is 1. The Balaban J connectivity index is 1.14. The van der Waals surface area contributed by atoms with Crippen molar-refractivity contribution in [3.63, 3.8) is 0 Å². The topological polar surface area (TPSA) is 118 Å². The van der Waals surface area contributed by atoms with Gasteiger partial charge in [-0.25, -0.2) is 9.78 Å². The molecular weight excluding hydrogens is 466 g/mol. The molecule has 2 aliphatic carbocycles. The number of aliphatic carboxylic acids is 1. The summed E-state index contributed by atoms with van der Waals surface area (Å²) < 4.78 is 5.59. The largest absolute Gasteiger partial charge is 0.481 e. The van der Waals surface area contributed by atoms with Crippen molar-refractivity contribution in [2.24, 2.45) is 11.8 Å². The molecule has 2 aliphatic rings. The van der Waals surface area contributed by atoms with Crippen LogP contribution in [-0.4, -0.2) is 41.2 Å². The quantitative estimate of drug-likeness (QED) is 0.435. The van der Waals surface area contributed by atoms with Crippen LogP contribution in [-0.2, 0) is 9.53 Å². The molecular formula is C26H25N3O5S. The summed E-state index contributed by atoms with van der Waals surface area (Å²) in [6, 6.07) is 15.9. The van der Waals surface area contributed by atoms with Crippen LogP contribution in [0.1, 0.15) is 51.9 Å². The predicted octanol–water partition coefficient (Wildman–Crippen LogP) is 4.19. The fourth-order valence-corrected chi connectivity index (χ4v) is 5.37. The fraction of sp³-hybridized carbons (Fsp3) is 0.308. The molecule has 35 heavy (non-hydrogen) atoms. The minimum Gasteiger partial charge on any atom is -0.481 e. The highest BCUT2D eigenvalue weighted by molar-refractivity contribution is 7.09. The zero-order valence-corrected chi connectivity index (χ0v) is 19.9. The SMILES string of the molecule is CC(NC(=O)OCC1c2ccccc2-c2ccccc21)c1nc(C(=O)NCC2CC2C(=O)O)cs1. The molecule has 5 rings (SSSR count). The van der Waals surface area contributed by atoms with Crippen LogP contribution in [0.15, 0.2) is 53.9 Å². The zero-order chi connectivity index (χ0) is 24.5. The van der Waals surface area contributed by atoms with Gasteiger partial charge in [0.15, 0.2) is 0 Å². The van der Waals surface area contributed by atoms with E-state index >= 15 is 0 Å². The Morgan fingerprint density at radius 3 is 2.40 bits per heavy atom. The molecule has 1 aromatic heterocycles. The molecule has 0 bridgehead atoms. The van der Waals surface area contributed by atoms with Gasteiger partial charge in [0.2, 0.25) is 0 Å². The van der Waals surface area contributed by atoms with Gasteiger partial charge in [-0.15, -0.1) is 11.3 Å². The molecule has 8 nitrogen and oxygen atoms in total. The molecule has 0 saturated heterocycles. The minimum absolute atomic E-state index is 0.0224. The van der Waals surface area contributed by atoms with Gasteiger partial charge in [0.1, 0.15) is 17.3 Å². The third kappa shape index (κ3) is 4.77. The first-order valence-electron chi connectivity index (χ1n) is 11.5. The molecule has 180 valence electrons. The second kappa shape index (κ2) is 9.50. The van der Waals surface area contributed by atoms with Crippen molar-refractivity contribution in [3.05, 3.63) is 75.7 Å². The average Bonchev–Trinajstić information content (AvgIpc) is 3.34. The number of nitrogens with one attached hydrogen (secondary N) is 2. The third-order valence-corrected chi connectivity index (χ3v) is 7.60. The smallest absolute Gasteiger partial charge is 0.407 e. The van der Waals surface area contributed by atoms with E-state index < -0.39 is 18.1 Å². The number of thiazole rings is 1. The highest BCUT2D eigenvalue weighted by atomic mass is 32.1. The number of carboxylic acid groups (broad SMARTS) is 1. The second-order valence-corrected chi connectivity index (χ2v) is 9.80. The van der Waals surface area contributed by atoms with Crippen LogP contribution in [0.2, 0.25) is 0 Å². The number of carbonyl (C=O) groups excluding carboxylic acids is 2. The van der Waals surface area contributed by atoms with Crippen LogP contribution >= 0.6 is 11.3 Å². The first-order chi connectivity index (χ1) is 16.9. The van der Waals surface area contributed by atoms with Gasteiger partial charge in [-0.2, -0.15) is 0 Å². The standard InChI is InChI=1S/C26H25N3O5S/c1-14(24-29-22(13-35-24)23(30)27-11-15-10-20(15)25(31)32)28-26(33)34-12-21-18-8-4-2-6-16(18)17-7-3-5-9-19(17)21/h2-9,13-15,20-21H,10-12H2,1H3,(H,27,30)(H,28,33)(H,31,32). The Kier molecular flexibility index (Phi) is 6.25. The number of benzene rings is 2. The molecule has 9 heteroatoms. The summed E-state index contributed by atoms with van der Waals surface area (Å²) in [5, 5.41) is 16.7. The van der Waals surface area contributed by atoms with Gasteiger partial charge in [0.25, 0.3) is 5.91 Å². The van der Waals surface area contributed by atoms with Crippen LogP contribution in [0.25, 0.3) is 11.1 Å². The van der Waals surface area contributed by atoms with Crippen molar-refractivity contribution in [3.8, 4) is 11.1 Å². The highest BCUT2D eigenvalue weighted by Gasteiger charge is 2.43. The second-order valence-electron chi connectivity index (χ2n) is 8.91. The van der Waals surface area contributed by atoms with Crippen LogP contribution in [0.4, 0.5) is 4.79 Å². The van der Waals surface area contributed by atoms with Crippen LogP contribution < -0.4 is 10.6 Å². The predicted molar refractivity (Wildman–Crippen MR) is 130 cm³/mol. The summed E-state index contributed by atoms with van der Waals surface area (Å²) in [6.07, 6.45) is 0.0351. The molecule has 2 amide bonds. The maximum Gasteiger partial charge on any atom is 0.407 e. The lowest BCUT2D eigenvalue weighted by Crippen LogP contribution is -2.29. The van der Waals surface area contributed by atoms with E-state index in [1.807, 2.05) is 24.3 Å². The highest BCUT2D eigenvalue weighted by Crippen LogP contribution is 2.44. The Morgan fingerprint density at radius 1 is 1.11 bits per heavy atom. The van der Waals surface area contributed by atoms with E-state index in [4.69, 9.17) is 9.84 Å². The Hall–Kier alpha value is -3.72. The number of carbonyl (C=O) groups is 3. The number of hydrogen-bond donors (Lipinski definition) is 3. The summed E-state index contributed by atoms with van der Waals surface area (Å²) >= 11 is 1.27. The van der Waals surface area contributed by atoms with Crippen molar-refractivity contribution in [1.29, 1.82) is 0 Å². The summed E-state index contributed by atoms with van der Waals surface area (Å²) in [4.78, 5) is 40.1. The maximum absolute atomic E-state index is 12.5. The van der Waals surface area contributed by atoms with Gasteiger partial charge in [0.05, 0.1) is 12.0 Å². The van der Waals surface area contributed by atoms with E-state index in [0.29, 0.717) is 18.0 Å². The van der Waals surface area contributed by atoms with E-state index in [1.54, 1.807) is 12.3 Å².